The van der Waals surface area contributed by atoms with E-state index in [0.29, 0.717) is 11.6 Å². The quantitative estimate of drug-likeness (QED) is 0.642. The maximum absolute atomic E-state index is 12.5. The monoisotopic (exact) mass is 290 g/mol. The maximum atomic E-state index is 12.5. The van der Waals surface area contributed by atoms with Crippen LogP contribution >= 0.6 is 0 Å². The lowest BCUT2D eigenvalue weighted by Gasteiger charge is -2.27. The van der Waals surface area contributed by atoms with Crippen molar-refractivity contribution in [1.82, 2.24) is 10.2 Å². The normalized spacial score (nSPS) is 27.5. The fourth-order valence-corrected chi connectivity index (χ4v) is 3.40. The Bertz CT molecular complexity index is 577. The van der Waals surface area contributed by atoms with Crippen LogP contribution < -0.4 is 10.6 Å². The molecule has 3 unspecified atom stereocenters. The van der Waals surface area contributed by atoms with Crippen molar-refractivity contribution in [3.8, 4) is 0 Å². The van der Waals surface area contributed by atoms with Gasteiger partial charge in [-0.3, -0.25) is 10.1 Å². The summed E-state index contributed by atoms with van der Waals surface area (Å²) in [6, 6.07) is 6.25. The Morgan fingerprint density at radius 3 is 3.05 bits per heavy atom. The fraction of sp³-hybridized carbons (Fsp3) is 0.500. The number of nitrogens with zero attached hydrogens (tertiary/aromatic N) is 2. The summed E-state index contributed by atoms with van der Waals surface area (Å²) >= 11 is 0. The van der Waals surface area contributed by atoms with Gasteiger partial charge < -0.3 is 15.5 Å². The lowest BCUT2D eigenvalue weighted by Crippen LogP contribution is -2.45. The van der Waals surface area contributed by atoms with Crippen LogP contribution in [0, 0.1) is 16.0 Å². The van der Waals surface area contributed by atoms with Crippen molar-refractivity contribution in [2.45, 2.75) is 25.4 Å². The highest BCUT2D eigenvalue weighted by Gasteiger charge is 2.44. The largest absolute Gasteiger partial charge is 0.322 e. The molecule has 0 saturated carbocycles. The van der Waals surface area contributed by atoms with Gasteiger partial charge >= 0.3 is 6.03 Å². The van der Waals surface area contributed by atoms with Gasteiger partial charge in [0.1, 0.15) is 0 Å². The maximum Gasteiger partial charge on any atom is 0.322 e. The number of likely N-dealkylation sites (tertiary alicyclic amines) is 1. The number of benzene rings is 1. The molecule has 1 aromatic rings. The minimum absolute atomic E-state index is 0.0253. The number of non-ortho nitro benzene ring substituents is 1. The first kappa shape index (κ1) is 13.8. The SMILES string of the molecule is CC1CC2CNCC2N1C(=O)Nc1cccc([N+](=O)[O-])c1. The van der Waals surface area contributed by atoms with Crippen LogP contribution in [0.2, 0.25) is 0 Å². The predicted molar refractivity (Wildman–Crippen MR) is 78.2 cm³/mol. The number of hydrogen-bond donors (Lipinski definition) is 2. The Morgan fingerprint density at radius 1 is 1.48 bits per heavy atom. The second-order valence-corrected chi connectivity index (χ2v) is 5.72. The minimum atomic E-state index is -0.467. The van der Waals surface area contributed by atoms with E-state index in [4.69, 9.17) is 0 Å². The Balaban J connectivity index is 1.74. The number of anilines is 1. The highest BCUT2D eigenvalue weighted by atomic mass is 16.6. The van der Waals surface area contributed by atoms with Crippen LogP contribution in [0.3, 0.4) is 0 Å². The number of carbonyl (C=O) groups excluding carboxylic acids is 1. The summed E-state index contributed by atoms with van der Waals surface area (Å²) in [6.07, 6.45) is 1.00. The van der Waals surface area contributed by atoms with Gasteiger partial charge in [-0.1, -0.05) is 6.07 Å². The van der Waals surface area contributed by atoms with Gasteiger partial charge in [0.25, 0.3) is 5.69 Å². The van der Waals surface area contributed by atoms with Crippen LogP contribution in [0.4, 0.5) is 16.2 Å². The second kappa shape index (κ2) is 5.33. The highest BCUT2D eigenvalue weighted by Crippen LogP contribution is 2.32. The standard InChI is InChI=1S/C14H18N4O3/c1-9-5-10-7-15-8-13(10)17(9)14(19)16-11-3-2-4-12(6-11)18(20)21/h2-4,6,9-10,13,15H,5,7-8H2,1H3,(H,16,19). The van der Waals surface area contributed by atoms with Crippen molar-refractivity contribution in [3.05, 3.63) is 34.4 Å². The lowest BCUT2D eigenvalue weighted by atomic mass is 10.0. The van der Waals surface area contributed by atoms with E-state index in [1.165, 1.54) is 12.1 Å². The van der Waals surface area contributed by atoms with Crippen molar-refractivity contribution in [2.24, 2.45) is 5.92 Å². The molecule has 2 saturated heterocycles. The number of nitrogens with one attached hydrogen (secondary N) is 2. The number of hydrogen-bond acceptors (Lipinski definition) is 4. The van der Waals surface area contributed by atoms with Crippen molar-refractivity contribution < 1.29 is 9.72 Å². The minimum Gasteiger partial charge on any atom is -0.317 e. The zero-order chi connectivity index (χ0) is 15.0. The number of fused-ring (bicyclic) bond motifs is 1. The molecule has 2 aliphatic heterocycles. The van der Waals surface area contributed by atoms with Gasteiger partial charge in [-0.25, -0.2) is 4.79 Å². The van der Waals surface area contributed by atoms with Gasteiger partial charge in [0, 0.05) is 37.0 Å². The molecule has 112 valence electrons. The molecule has 2 fully saturated rings. The van der Waals surface area contributed by atoms with Crippen LogP contribution in [0.5, 0.6) is 0 Å². The molecule has 0 radical (unpaired) electrons. The Labute approximate surface area is 122 Å². The molecular weight excluding hydrogens is 272 g/mol. The number of nitro benzene ring substituents is 1. The van der Waals surface area contributed by atoms with E-state index in [-0.39, 0.29) is 23.8 Å². The molecule has 0 aromatic heterocycles. The molecule has 7 heteroatoms. The van der Waals surface area contributed by atoms with E-state index in [1.807, 2.05) is 11.8 Å². The number of rotatable bonds is 2. The van der Waals surface area contributed by atoms with Gasteiger partial charge in [-0.05, 0) is 25.3 Å². The molecular formula is C14H18N4O3. The molecule has 7 nitrogen and oxygen atoms in total. The molecule has 21 heavy (non-hydrogen) atoms. The first-order chi connectivity index (χ1) is 10.1. The molecule has 2 amide bonds. The van der Waals surface area contributed by atoms with Gasteiger partial charge in [0.15, 0.2) is 0 Å². The van der Waals surface area contributed by atoms with E-state index in [2.05, 4.69) is 10.6 Å². The first-order valence-corrected chi connectivity index (χ1v) is 7.11. The second-order valence-electron chi connectivity index (χ2n) is 5.72. The zero-order valence-electron chi connectivity index (χ0n) is 11.8. The van der Waals surface area contributed by atoms with E-state index >= 15 is 0 Å². The van der Waals surface area contributed by atoms with Crippen molar-refractivity contribution >= 4 is 17.4 Å². The van der Waals surface area contributed by atoms with Gasteiger partial charge in [-0.2, -0.15) is 0 Å². The molecule has 2 aliphatic rings. The molecule has 2 N–H and O–H groups in total. The summed E-state index contributed by atoms with van der Waals surface area (Å²) in [4.78, 5) is 24.6. The van der Waals surface area contributed by atoms with Gasteiger partial charge in [-0.15, -0.1) is 0 Å². The van der Waals surface area contributed by atoms with E-state index in [1.54, 1.807) is 12.1 Å². The fourth-order valence-electron chi connectivity index (χ4n) is 3.40. The van der Waals surface area contributed by atoms with Crippen LogP contribution in [0.1, 0.15) is 13.3 Å². The number of carbonyl (C=O) groups is 1. The van der Waals surface area contributed by atoms with Crippen LogP contribution in [0.15, 0.2) is 24.3 Å². The predicted octanol–water partition coefficient (Wildman–Crippen LogP) is 1.81. The van der Waals surface area contributed by atoms with Gasteiger partial charge in [0.05, 0.1) is 11.0 Å². The average molecular weight is 290 g/mol. The molecule has 3 atom stereocenters. The van der Waals surface area contributed by atoms with Crippen LogP contribution in [-0.4, -0.2) is 41.0 Å². The molecule has 2 heterocycles. The number of nitro groups is 1. The summed E-state index contributed by atoms with van der Waals surface area (Å²) in [5.74, 6) is 0.510. The van der Waals surface area contributed by atoms with E-state index < -0.39 is 4.92 Å². The Hall–Kier alpha value is -2.15. The third-order valence-electron chi connectivity index (χ3n) is 4.32. The van der Waals surface area contributed by atoms with Crippen molar-refractivity contribution in [3.63, 3.8) is 0 Å². The van der Waals surface area contributed by atoms with E-state index in [9.17, 15) is 14.9 Å². The molecule has 1 aromatic carbocycles. The number of amides is 2. The molecule has 0 aliphatic carbocycles. The average Bonchev–Trinajstić information content (AvgIpc) is 2.98. The summed E-state index contributed by atoms with van der Waals surface area (Å²) in [6.45, 7) is 3.82. The Kier molecular flexibility index (Phi) is 3.50. The summed E-state index contributed by atoms with van der Waals surface area (Å²) in [5.41, 5.74) is 0.429. The third-order valence-corrected chi connectivity index (χ3v) is 4.32. The summed E-state index contributed by atoms with van der Waals surface area (Å²) < 4.78 is 0. The molecule has 0 bridgehead atoms. The van der Waals surface area contributed by atoms with E-state index in [0.717, 1.165) is 19.5 Å². The summed E-state index contributed by atoms with van der Waals surface area (Å²) in [5, 5.41) is 16.9. The lowest BCUT2D eigenvalue weighted by molar-refractivity contribution is -0.384. The topological polar surface area (TPSA) is 87.5 Å². The zero-order valence-corrected chi connectivity index (χ0v) is 11.8. The third kappa shape index (κ3) is 2.56. The highest BCUT2D eigenvalue weighted by molar-refractivity contribution is 5.90. The molecule has 3 rings (SSSR count). The van der Waals surface area contributed by atoms with Crippen LogP contribution in [-0.2, 0) is 0 Å². The van der Waals surface area contributed by atoms with Crippen molar-refractivity contribution in [1.29, 1.82) is 0 Å². The molecule has 0 spiro atoms. The Morgan fingerprint density at radius 2 is 2.29 bits per heavy atom. The smallest absolute Gasteiger partial charge is 0.317 e. The number of urea groups is 1. The summed E-state index contributed by atoms with van der Waals surface area (Å²) in [7, 11) is 0. The van der Waals surface area contributed by atoms with Crippen molar-refractivity contribution in [2.75, 3.05) is 18.4 Å². The van der Waals surface area contributed by atoms with Crippen LogP contribution in [0.25, 0.3) is 0 Å². The van der Waals surface area contributed by atoms with Gasteiger partial charge in [0.2, 0.25) is 0 Å². The first-order valence-electron chi connectivity index (χ1n) is 7.11.